The van der Waals surface area contributed by atoms with E-state index in [0.717, 1.165) is 36.0 Å². The fourth-order valence-corrected chi connectivity index (χ4v) is 7.20. The van der Waals surface area contributed by atoms with Crippen molar-refractivity contribution in [2.45, 2.75) is 23.1 Å². The normalized spacial score (nSPS) is 17.4. The third-order valence-corrected chi connectivity index (χ3v) is 9.87. The van der Waals surface area contributed by atoms with Crippen molar-refractivity contribution in [2.75, 3.05) is 48.9 Å². The summed E-state index contributed by atoms with van der Waals surface area (Å²) >= 11 is 0. The van der Waals surface area contributed by atoms with E-state index in [2.05, 4.69) is 24.5 Å². The summed E-state index contributed by atoms with van der Waals surface area (Å²) in [6.45, 7) is 5.62. The first kappa shape index (κ1) is 26.1. The number of benzene rings is 2. The van der Waals surface area contributed by atoms with Crippen LogP contribution in [-0.2, 0) is 20.0 Å². The molecule has 1 amide bonds. The average Bonchev–Trinajstić information content (AvgIpc) is 3.09. The zero-order chi connectivity index (χ0) is 26.9. The van der Waals surface area contributed by atoms with Gasteiger partial charge in [0.25, 0.3) is 26.0 Å². The zero-order valence-corrected chi connectivity index (χ0v) is 22.5. The summed E-state index contributed by atoms with van der Waals surface area (Å²) in [5.74, 6) is 0.0432. The quantitative estimate of drug-likeness (QED) is 0.442. The second-order valence-corrected chi connectivity index (χ2v) is 12.8. The summed E-state index contributed by atoms with van der Waals surface area (Å²) in [4.78, 5) is 25.9. The van der Waals surface area contributed by atoms with Crippen molar-refractivity contribution in [1.29, 1.82) is 0 Å². The molecule has 0 spiro atoms. The minimum atomic E-state index is -4.00. The minimum absolute atomic E-state index is 0.0365. The number of fused-ring (bicyclic) bond motifs is 1. The number of carbonyl (C=O) groups is 1. The van der Waals surface area contributed by atoms with Gasteiger partial charge in [-0.2, -0.15) is 0 Å². The van der Waals surface area contributed by atoms with Crippen molar-refractivity contribution in [3.05, 3.63) is 72.1 Å². The van der Waals surface area contributed by atoms with E-state index in [1.54, 1.807) is 30.6 Å². The van der Waals surface area contributed by atoms with Crippen molar-refractivity contribution in [3.63, 3.8) is 0 Å². The number of rotatable bonds is 8. The third kappa shape index (κ3) is 5.22. The van der Waals surface area contributed by atoms with Crippen molar-refractivity contribution < 1.29 is 21.6 Å². The van der Waals surface area contributed by atoms with E-state index < -0.39 is 26.0 Å². The lowest BCUT2D eigenvalue weighted by Gasteiger charge is -2.34. The molecule has 0 radical (unpaired) electrons. The predicted octanol–water partition coefficient (Wildman–Crippen LogP) is 1.94. The van der Waals surface area contributed by atoms with E-state index in [4.69, 9.17) is 0 Å². The monoisotopic (exact) mass is 556 g/mol. The summed E-state index contributed by atoms with van der Waals surface area (Å²) < 4.78 is 54.9. The SMILES string of the molecule is Cc1ccc(S(=O)(=O)Nc2ccc3c(c2)C(=O)N(CCCN2CCN(c4ncccn4)CC2)S3(=O)=O)cc1. The van der Waals surface area contributed by atoms with Gasteiger partial charge in [0.1, 0.15) is 4.90 Å². The van der Waals surface area contributed by atoms with Crippen LogP contribution in [0, 0.1) is 6.92 Å². The Hall–Kier alpha value is -3.55. The number of nitrogens with one attached hydrogen (secondary N) is 1. The highest BCUT2D eigenvalue weighted by molar-refractivity contribution is 7.92. The third-order valence-electron chi connectivity index (χ3n) is 6.63. The zero-order valence-electron chi connectivity index (χ0n) is 20.8. The molecule has 0 atom stereocenters. The Balaban J connectivity index is 1.20. The minimum Gasteiger partial charge on any atom is -0.338 e. The van der Waals surface area contributed by atoms with Gasteiger partial charge in [0.2, 0.25) is 5.95 Å². The molecule has 0 saturated carbocycles. The van der Waals surface area contributed by atoms with Crippen LogP contribution in [0.15, 0.2) is 70.7 Å². The van der Waals surface area contributed by atoms with Gasteiger partial charge in [0.15, 0.2) is 0 Å². The topological polar surface area (TPSA) is 133 Å². The Morgan fingerprint density at radius 1 is 0.947 bits per heavy atom. The molecule has 1 aromatic heterocycles. The number of aromatic nitrogens is 2. The Kier molecular flexibility index (Phi) is 7.07. The summed E-state index contributed by atoms with van der Waals surface area (Å²) in [5, 5.41) is 0. The number of anilines is 2. The van der Waals surface area contributed by atoms with Gasteiger partial charge in [0, 0.05) is 57.3 Å². The van der Waals surface area contributed by atoms with Gasteiger partial charge in [-0.05, 0) is 49.7 Å². The number of amides is 1. The number of sulfonamides is 2. The average molecular weight is 557 g/mol. The molecule has 1 N–H and O–H groups in total. The van der Waals surface area contributed by atoms with Gasteiger partial charge in [-0.15, -0.1) is 0 Å². The molecule has 1 saturated heterocycles. The molecule has 0 bridgehead atoms. The molecule has 0 unspecified atom stereocenters. The number of aryl methyl sites for hydroxylation is 1. The van der Waals surface area contributed by atoms with E-state index >= 15 is 0 Å². The smallest absolute Gasteiger partial charge is 0.269 e. The van der Waals surface area contributed by atoms with Crippen LogP contribution < -0.4 is 9.62 Å². The summed E-state index contributed by atoms with van der Waals surface area (Å²) in [7, 11) is -7.89. The number of piperazine rings is 1. The van der Waals surface area contributed by atoms with E-state index in [9.17, 15) is 21.6 Å². The number of hydrogen-bond donors (Lipinski definition) is 1. The first-order chi connectivity index (χ1) is 18.1. The van der Waals surface area contributed by atoms with Crippen molar-refractivity contribution in [3.8, 4) is 0 Å². The van der Waals surface area contributed by atoms with Gasteiger partial charge in [-0.1, -0.05) is 17.7 Å². The highest BCUT2D eigenvalue weighted by Crippen LogP contribution is 2.33. The highest BCUT2D eigenvalue weighted by Gasteiger charge is 2.41. The van der Waals surface area contributed by atoms with Crippen LogP contribution >= 0.6 is 0 Å². The standard InChI is InChI=1S/C25H28N6O5S2/c1-19-4-7-21(8-5-19)37(33,34)28-20-6-9-23-22(18-20)24(32)31(38(23,35)36)13-3-12-29-14-16-30(17-15-29)25-26-10-2-11-27-25/h2,4-11,18,28H,3,12-17H2,1H3. The van der Waals surface area contributed by atoms with Gasteiger partial charge in [-0.3, -0.25) is 14.4 Å². The van der Waals surface area contributed by atoms with E-state index in [0.29, 0.717) is 18.9 Å². The highest BCUT2D eigenvalue weighted by atomic mass is 32.2. The maximum absolute atomic E-state index is 13.1. The first-order valence-corrected chi connectivity index (χ1v) is 15.1. The van der Waals surface area contributed by atoms with Crippen LogP contribution in [0.25, 0.3) is 0 Å². The summed E-state index contributed by atoms with van der Waals surface area (Å²) in [6.07, 6.45) is 3.90. The maximum atomic E-state index is 13.1. The molecule has 5 rings (SSSR count). The lowest BCUT2D eigenvalue weighted by atomic mass is 10.2. The Morgan fingerprint density at radius 3 is 2.32 bits per heavy atom. The van der Waals surface area contributed by atoms with Crippen LogP contribution in [0.1, 0.15) is 22.3 Å². The molecule has 13 heteroatoms. The Labute approximate surface area is 222 Å². The number of nitrogens with zero attached hydrogens (tertiary/aromatic N) is 5. The largest absolute Gasteiger partial charge is 0.338 e. The Morgan fingerprint density at radius 2 is 1.63 bits per heavy atom. The van der Waals surface area contributed by atoms with E-state index in [1.807, 2.05) is 6.92 Å². The molecule has 11 nitrogen and oxygen atoms in total. The van der Waals surface area contributed by atoms with Crippen LogP contribution in [0.3, 0.4) is 0 Å². The fraction of sp³-hybridized carbons (Fsp3) is 0.320. The summed E-state index contributed by atoms with van der Waals surface area (Å²) in [5.41, 5.74) is 1.00. The van der Waals surface area contributed by atoms with Crippen LogP contribution in [0.5, 0.6) is 0 Å². The van der Waals surface area contributed by atoms with Crippen molar-refractivity contribution >= 4 is 37.6 Å². The number of hydrogen-bond acceptors (Lipinski definition) is 9. The number of carbonyl (C=O) groups excluding carboxylic acids is 1. The molecule has 2 aliphatic heterocycles. The first-order valence-electron chi connectivity index (χ1n) is 12.2. The summed E-state index contributed by atoms with van der Waals surface area (Å²) in [6, 6.07) is 12.0. The molecule has 2 aromatic carbocycles. The molecule has 200 valence electrons. The molecule has 3 heterocycles. The second-order valence-electron chi connectivity index (χ2n) is 9.24. The predicted molar refractivity (Wildman–Crippen MR) is 142 cm³/mol. The molecule has 0 aliphatic carbocycles. The Bertz CT molecular complexity index is 1540. The van der Waals surface area contributed by atoms with Crippen molar-refractivity contribution in [2.24, 2.45) is 0 Å². The molecular formula is C25H28N6O5S2. The maximum Gasteiger partial charge on any atom is 0.269 e. The fourth-order valence-electron chi connectivity index (χ4n) is 4.56. The van der Waals surface area contributed by atoms with Gasteiger partial charge < -0.3 is 4.90 Å². The molecular weight excluding hydrogens is 528 g/mol. The van der Waals surface area contributed by atoms with E-state index in [-0.39, 0.29) is 27.6 Å². The molecule has 2 aliphatic rings. The molecule has 3 aromatic rings. The van der Waals surface area contributed by atoms with Gasteiger partial charge >= 0.3 is 0 Å². The van der Waals surface area contributed by atoms with E-state index in [1.165, 1.54) is 30.3 Å². The lowest BCUT2D eigenvalue weighted by Crippen LogP contribution is -2.47. The molecule has 38 heavy (non-hydrogen) atoms. The second kappa shape index (κ2) is 10.3. The lowest BCUT2D eigenvalue weighted by molar-refractivity contribution is 0.0866. The van der Waals surface area contributed by atoms with Gasteiger partial charge in [0.05, 0.1) is 10.5 Å². The van der Waals surface area contributed by atoms with Crippen LogP contribution in [0.4, 0.5) is 11.6 Å². The molecule has 1 fully saturated rings. The van der Waals surface area contributed by atoms with Crippen molar-refractivity contribution in [1.82, 2.24) is 19.2 Å². The van der Waals surface area contributed by atoms with Crippen LogP contribution in [0.2, 0.25) is 0 Å². The van der Waals surface area contributed by atoms with Crippen LogP contribution in [-0.4, -0.2) is 81.2 Å². The van der Waals surface area contributed by atoms with Gasteiger partial charge in [-0.25, -0.2) is 31.1 Å².